The molecule has 1 aromatic heterocycles. The Morgan fingerprint density at radius 3 is 2.43 bits per heavy atom. The molecule has 2 rings (SSSR count). The Bertz CT molecular complexity index is 878. The van der Waals surface area contributed by atoms with Crippen molar-refractivity contribution >= 4 is 9.84 Å². The van der Waals surface area contributed by atoms with Crippen LogP contribution in [-0.4, -0.2) is 49.9 Å². The number of hydrogen-bond acceptors (Lipinski definition) is 6. The van der Waals surface area contributed by atoms with Crippen LogP contribution in [0.5, 0.6) is 11.5 Å². The van der Waals surface area contributed by atoms with Gasteiger partial charge in [0.15, 0.2) is 11.5 Å². The molecule has 0 saturated carbocycles. The summed E-state index contributed by atoms with van der Waals surface area (Å²) in [6, 6.07) is 5.84. The average molecular weight is 410 g/mol. The van der Waals surface area contributed by atoms with Crippen LogP contribution in [0, 0.1) is 0 Å². The fraction of sp³-hybridized carbons (Fsp3) is 0.550. The molecular formula is C20H31N3O4S. The van der Waals surface area contributed by atoms with Crippen molar-refractivity contribution in [2.24, 2.45) is 0 Å². The highest BCUT2D eigenvalue weighted by atomic mass is 32.2. The Balaban J connectivity index is 2.20. The Hall–Kier alpha value is -2.06. The van der Waals surface area contributed by atoms with Crippen LogP contribution >= 0.6 is 0 Å². The number of benzene rings is 1. The number of nitrogens with zero attached hydrogens (tertiary/aromatic N) is 3. The molecule has 0 aliphatic carbocycles. The van der Waals surface area contributed by atoms with Gasteiger partial charge < -0.3 is 14.0 Å². The summed E-state index contributed by atoms with van der Waals surface area (Å²) >= 11 is 0. The molecule has 156 valence electrons. The lowest BCUT2D eigenvalue weighted by Crippen LogP contribution is -2.21. The number of rotatable bonds is 11. The maximum atomic E-state index is 12.4. The average Bonchev–Trinajstić information content (AvgIpc) is 3.09. The van der Waals surface area contributed by atoms with Crippen molar-refractivity contribution in [3.05, 3.63) is 35.7 Å². The van der Waals surface area contributed by atoms with Crippen LogP contribution in [0.3, 0.4) is 0 Å². The molecule has 0 saturated heterocycles. The van der Waals surface area contributed by atoms with Gasteiger partial charge in [-0.2, -0.15) is 0 Å². The van der Waals surface area contributed by atoms with Crippen molar-refractivity contribution in [1.82, 2.24) is 14.5 Å². The Morgan fingerprint density at radius 2 is 1.82 bits per heavy atom. The van der Waals surface area contributed by atoms with Gasteiger partial charge in [0.25, 0.3) is 0 Å². The third-order valence-electron chi connectivity index (χ3n) is 4.63. The summed E-state index contributed by atoms with van der Waals surface area (Å²) in [4.78, 5) is 6.36. The summed E-state index contributed by atoms with van der Waals surface area (Å²) in [7, 11) is 1.89. The van der Waals surface area contributed by atoms with E-state index < -0.39 is 9.84 Å². The fourth-order valence-corrected chi connectivity index (χ4v) is 4.09. The van der Waals surface area contributed by atoms with Crippen LogP contribution in [0.2, 0.25) is 0 Å². The van der Waals surface area contributed by atoms with E-state index in [9.17, 15) is 8.42 Å². The minimum absolute atomic E-state index is 0.0526. The van der Waals surface area contributed by atoms with Gasteiger partial charge in [0.05, 0.1) is 31.9 Å². The number of aromatic nitrogens is 2. The van der Waals surface area contributed by atoms with E-state index in [2.05, 4.69) is 16.8 Å². The van der Waals surface area contributed by atoms with Gasteiger partial charge in [0, 0.05) is 19.6 Å². The minimum Gasteiger partial charge on any atom is -0.493 e. The fourth-order valence-electron chi connectivity index (χ4n) is 3.07. The van der Waals surface area contributed by atoms with E-state index in [0.717, 1.165) is 24.1 Å². The quantitative estimate of drug-likeness (QED) is 0.568. The van der Waals surface area contributed by atoms with E-state index in [-0.39, 0.29) is 10.9 Å². The highest BCUT2D eigenvalue weighted by Gasteiger charge is 2.22. The van der Waals surface area contributed by atoms with Crippen molar-refractivity contribution in [1.29, 1.82) is 0 Å². The highest BCUT2D eigenvalue weighted by Crippen LogP contribution is 2.28. The monoisotopic (exact) mass is 409 g/mol. The molecule has 7 nitrogen and oxygen atoms in total. The van der Waals surface area contributed by atoms with Gasteiger partial charge in [-0.05, 0) is 31.2 Å². The van der Waals surface area contributed by atoms with Crippen LogP contribution in [0.15, 0.2) is 29.6 Å². The third-order valence-corrected chi connectivity index (χ3v) is 6.27. The second-order valence-electron chi connectivity index (χ2n) is 6.80. The van der Waals surface area contributed by atoms with Gasteiger partial charge in [0.2, 0.25) is 15.0 Å². The molecule has 0 aliphatic rings. The molecule has 0 unspecified atom stereocenters. The second kappa shape index (κ2) is 9.93. The van der Waals surface area contributed by atoms with E-state index in [1.54, 1.807) is 27.3 Å². The first-order valence-electron chi connectivity index (χ1n) is 9.52. The van der Waals surface area contributed by atoms with Gasteiger partial charge >= 0.3 is 0 Å². The summed E-state index contributed by atoms with van der Waals surface area (Å²) in [6.45, 7) is 5.69. The summed E-state index contributed by atoms with van der Waals surface area (Å²) < 4.78 is 37.3. The molecule has 8 heteroatoms. The van der Waals surface area contributed by atoms with E-state index >= 15 is 0 Å². The van der Waals surface area contributed by atoms with Crippen molar-refractivity contribution in [3.63, 3.8) is 0 Å². The topological polar surface area (TPSA) is 73.7 Å². The molecular weight excluding hydrogens is 378 g/mol. The van der Waals surface area contributed by atoms with Crippen molar-refractivity contribution < 1.29 is 17.9 Å². The van der Waals surface area contributed by atoms with Crippen molar-refractivity contribution in [3.8, 4) is 11.5 Å². The Kier molecular flexibility index (Phi) is 7.88. The Morgan fingerprint density at radius 1 is 1.11 bits per heavy atom. The lowest BCUT2D eigenvalue weighted by Gasteiger charge is -2.19. The van der Waals surface area contributed by atoms with Gasteiger partial charge in [-0.15, -0.1) is 0 Å². The minimum atomic E-state index is -3.35. The molecule has 0 amide bonds. The van der Waals surface area contributed by atoms with Crippen LogP contribution in [0.1, 0.15) is 37.9 Å². The summed E-state index contributed by atoms with van der Waals surface area (Å²) in [5.41, 5.74) is 1.99. The maximum absolute atomic E-state index is 12.4. The normalized spacial score (nSPS) is 11.8. The molecule has 1 aromatic carbocycles. The summed E-state index contributed by atoms with van der Waals surface area (Å²) in [5, 5.41) is 0.179. The van der Waals surface area contributed by atoms with Gasteiger partial charge in [-0.1, -0.05) is 26.3 Å². The predicted molar refractivity (Wildman–Crippen MR) is 110 cm³/mol. The lowest BCUT2D eigenvalue weighted by molar-refractivity contribution is 0.305. The molecule has 0 radical (unpaired) electrons. The molecule has 0 aliphatic heterocycles. The SMILES string of the molecule is CCCCn1c(CN(C)Cc2ccc(OC)c(OC)c2)cnc1S(=O)(=O)CC. The largest absolute Gasteiger partial charge is 0.493 e. The molecule has 1 heterocycles. The molecule has 0 bridgehead atoms. The van der Waals surface area contributed by atoms with Gasteiger partial charge in [-0.25, -0.2) is 13.4 Å². The molecule has 2 aromatic rings. The van der Waals surface area contributed by atoms with E-state index in [4.69, 9.17) is 9.47 Å². The number of unbranched alkanes of at least 4 members (excludes halogenated alkanes) is 1. The van der Waals surface area contributed by atoms with E-state index in [0.29, 0.717) is 31.1 Å². The molecule has 28 heavy (non-hydrogen) atoms. The van der Waals surface area contributed by atoms with Crippen LogP contribution in [-0.2, 0) is 29.5 Å². The summed E-state index contributed by atoms with van der Waals surface area (Å²) in [5.74, 6) is 1.44. The summed E-state index contributed by atoms with van der Waals surface area (Å²) in [6.07, 6.45) is 3.59. The lowest BCUT2D eigenvalue weighted by atomic mass is 10.2. The predicted octanol–water partition coefficient (Wildman–Crippen LogP) is 3.13. The first-order valence-corrected chi connectivity index (χ1v) is 11.2. The number of ether oxygens (including phenoxy) is 2. The highest BCUT2D eigenvalue weighted by molar-refractivity contribution is 7.91. The number of imidazole rings is 1. The standard InChI is InChI=1S/C20H31N3O4S/c1-6-8-11-23-17(13-21-20(23)28(24,25)7-2)15-22(3)14-16-9-10-18(26-4)19(12-16)27-5/h9-10,12-13H,6-8,11,14-15H2,1-5H3. The number of sulfone groups is 1. The number of hydrogen-bond donors (Lipinski definition) is 0. The molecule has 0 N–H and O–H groups in total. The van der Waals surface area contributed by atoms with E-state index in [1.165, 1.54) is 0 Å². The zero-order chi connectivity index (χ0) is 20.7. The second-order valence-corrected chi connectivity index (χ2v) is 8.97. The molecule has 0 spiro atoms. The van der Waals surface area contributed by atoms with Crippen LogP contribution in [0.25, 0.3) is 0 Å². The molecule has 0 atom stereocenters. The third kappa shape index (κ3) is 5.26. The first-order chi connectivity index (χ1) is 13.4. The zero-order valence-electron chi connectivity index (χ0n) is 17.4. The van der Waals surface area contributed by atoms with Crippen molar-refractivity contribution in [2.45, 2.75) is 51.5 Å². The van der Waals surface area contributed by atoms with E-state index in [1.807, 2.05) is 29.8 Å². The number of methoxy groups -OCH3 is 2. The molecule has 0 fully saturated rings. The van der Waals surface area contributed by atoms with Gasteiger partial charge in [0.1, 0.15) is 0 Å². The zero-order valence-corrected chi connectivity index (χ0v) is 18.3. The van der Waals surface area contributed by atoms with Crippen LogP contribution < -0.4 is 9.47 Å². The Labute approximate surface area is 168 Å². The van der Waals surface area contributed by atoms with Gasteiger partial charge in [-0.3, -0.25) is 4.90 Å². The maximum Gasteiger partial charge on any atom is 0.227 e. The first kappa shape index (κ1) is 22.2. The smallest absolute Gasteiger partial charge is 0.227 e. The van der Waals surface area contributed by atoms with Crippen molar-refractivity contribution in [2.75, 3.05) is 27.0 Å². The van der Waals surface area contributed by atoms with Crippen LogP contribution in [0.4, 0.5) is 0 Å².